The summed E-state index contributed by atoms with van der Waals surface area (Å²) < 4.78 is 0. The van der Waals surface area contributed by atoms with Crippen LogP contribution in [-0.2, 0) is 5.41 Å². The van der Waals surface area contributed by atoms with E-state index in [0.29, 0.717) is 0 Å². The van der Waals surface area contributed by atoms with Crippen LogP contribution in [0.5, 0.6) is 0 Å². The fourth-order valence-corrected chi connectivity index (χ4v) is 3.35. The topological polar surface area (TPSA) is 0 Å². The highest BCUT2D eigenvalue weighted by Gasteiger charge is 2.19. The Hall–Kier alpha value is -2.08. The van der Waals surface area contributed by atoms with E-state index in [1.807, 2.05) is 0 Å². The maximum atomic E-state index is 2.39. The first-order valence-electron chi connectivity index (χ1n) is 7.78. The van der Waals surface area contributed by atoms with Gasteiger partial charge < -0.3 is 0 Å². The van der Waals surface area contributed by atoms with Gasteiger partial charge in [-0.1, -0.05) is 75.4 Å². The first kappa shape index (κ1) is 12.6. The molecule has 0 aromatic heterocycles. The van der Waals surface area contributed by atoms with Crippen molar-refractivity contribution < 1.29 is 0 Å². The highest BCUT2D eigenvalue weighted by atomic mass is 14.2. The summed E-state index contributed by atoms with van der Waals surface area (Å²) in [5.41, 5.74) is 1.67. The molecule has 0 aliphatic carbocycles. The summed E-state index contributed by atoms with van der Waals surface area (Å²) in [5.74, 6) is 0. The Labute approximate surface area is 125 Å². The zero-order valence-electron chi connectivity index (χ0n) is 12.9. The van der Waals surface area contributed by atoms with Gasteiger partial charge in [-0.05, 0) is 49.7 Å². The number of benzene rings is 4. The van der Waals surface area contributed by atoms with Gasteiger partial charge in [0.25, 0.3) is 0 Å². The van der Waals surface area contributed by atoms with Crippen LogP contribution in [0.25, 0.3) is 32.3 Å². The van der Waals surface area contributed by atoms with E-state index in [4.69, 9.17) is 0 Å². The maximum absolute atomic E-state index is 2.39. The van der Waals surface area contributed by atoms with Gasteiger partial charge in [0.2, 0.25) is 0 Å². The average molecular weight is 272 g/mol. The third kappa shape index (κ3) is 1.75. The summed E-state index contributed by atoms with van der Waals surface area (Å²) in [6.45, 7) is 6.93. The summed E-state index contributed by atoms with van der Waals surface area (Å²) in [4.78, 5) is 0. The molecule has 0 saturated carbocycles. The van der Waals surface area contributed by atoms with Gasteiger partial charge in [0, 0.05) is 0 Å². The first-order chi connectivity index (χ1) is 10.1. The number of rotatable bonds is 2. The van der Waals surface area contributed by atoms with Crippen molar-refractivity contribution in [2.24, 2.45) is 0 Å². The minimum atomic E-state index is 0.227. The summed E-state index contributed by atoms with van der Waals surface area (Å²) in [6, 6.07) is 20.4. The summed E-state index contributed by atoms with van der Waals surface area (Å²) in [7, 11) is 0. The lowest BCUT2D eigenvalue weighted by Gasteiger charge is -2.25. The molecule has 0 saturated heterocycles. The molecule has 0 bridgehead atoms. The quantitative estimate of drug-likeness (QED) is 0.377. The molecule has 0 atom stereocenters. The highest BCUT2D eigenvalue weighted by molar-refractivity contribution is 6.23. The van der Waals surface area contributed by atoms with E-state index < -0.39 is 0 Å². The van der Waals surface area contributed by atoms with Crippen LogP contribution in [0.3, 0.4) is 0 Å². The fourth-order valence-electron chi connectivity index (χ4n) is 3.35. The molecule has 4 rings (SSSR count). The first-order valence-corrected chi connectivity index (χ1v) is 7.78. The third-order valence-corrected chi connectivity index (χ3v) is 5.13. The van der Waals surface area contributed by atoms with E-state index in [9.17, 15) is 0 Å². The molecule has 0 aliphatic rings. The maximum Gasteiger partial charge on any atom is -0.00266 e. The van der Waals surface area contributed by atoms with Crippen LogP contribution >= 0.6 is 0 Å². The second kappa shape index (κ2) is 4.21. The minimum absolute atomic E-state index is 0.227. The molecular formula is C21H20. The molecule has 4 aromatic carbocycles. The Balaban J connectivity index is 2.18. The van der Waals surface area contributed by atoms with E-state index in [1.54, 1.807) is 0 Å². The summed E-state index contributed by atoms with van der Waals surface area (Å²) in [5, 5.41) is 8.25. The lowest BCUT2D eigenvalue weighted by atomic mass is 9.80. The Bertz CT molecular complexity index is 880. The van der Waals surface area contributed by atoms with Crippen LogP contribution in [0.2, 0.25) is 0 Å². The molecule has 21 heavy (non-hydrogen) atoms. The summed E-state index contributed by atoms with van der Waals surface area (Å²) in [6.07, 6.45) is 1.15. The van der Waals surface area contributed by atoms with Crippen molar-refractivity contribution in [2.45, 2.75) is 32.6 Å². The lowest BCUT2D eigenvalue weighted by Crippen LogP contribution is -2.15. The molecule has 0 aliphatic heterocycles. The van der Waals surface area contributed by atoms with Crippen LogP contribution in [0.1, 0.15) is 32.8 Å². The van der Waals surface area contributed by atoms with Crippen molar-refractivity contribution in [3.63, 3.8) is 0 Å². The van der Waals surface area contributed by atoms with Crippen molar-refractivity contribution in [1.82, 2.24) is 0 Å². The van der Waals surface area contributed by atoms with Gasteiger partial charge in [0.15, 0.2) is 0 Å². The van der Waals surface area contributed by atoms with E-state index in [2.05, 4.69) is 75.4 Å². The van der Waals surface area contributed by atoms with E-state index in [1.165, 1.54) is 37.9 Å². The summed E-state index contributed by atoms with van der Waals surface area (Å²) >= 11 is 0. The second-order valence-corrected chi connectivity index (χ2v) is 6.75. The molecule has 0 radical (unpaired) electrons. The van der Waals surface area contributed by atoms with E-state index in [-0.39, 0.29) is 5.41 Å². The number of hydrogen-bond acceptors (Lipinski definition) is 0. The van der Waals surface area contributed by atoms with Crippen molar-refractivity contribution in [2.75, 3.05) is 0 Å². The van der Waals surface area contributed by atoms with Gasteiger partial charge in [0.1, 0.15) is 0 Å². The molecule has 0 fully saturated rings. The van der Waals surface area contributed by atoms with Gasteiger partial charge in [-0.3, -0.25) is 0 Å². The van der Waals surface area contributed by atoms with Gasteiger partial charge in [-0.25, -0.2) is 0 Å². The fraction of sp³-hybridized carbons (Fsp3) is 0.238. The monoisotopic (exact) mass is 272 g/mol. The average Bonchev–Trinajstić information content (AvgIpc) is 2.52. The lowest BCUT2D eigenvalue weighted by molar-refractivity contribution is 0.507. The zero-order chi connectivity index (χ0) is 14.6. The second-order valence-electron chi connectivity index (χ2n) is 6.75. The van der Waals surface area contributed by atoms with Crippen LogP contribution < -0.4 is 0 Å². The molecule has 0 spiro atoms. The Morgan fingerprint density at radius 2 is 1.19 bits per heavy atom. The zero-order valence-corrected chi connectivity index (χ0v) is 12.9. The van der Waals surface area contributed by atoms with Gasteiger partial charge in [-0.2, -0.15) is 0 Å². The molecular weight excluding hydrogens is 252 g/mol. The van der Waals surface area contributed by atoms with Crippen LogP contribution in [0.4, 0.5) is 0 Å². The van der Waals surface area contributed by atoms with Gasteiger partial charge >= 0.3 is 0 Å². The molecule has 0 amide bonds. The predicted octanol–water partition coefficient (Wildman–Crippen LogP) is 6.27. The Morgan fingerprint density at radius 1 is 0.714 bits per heavy atom. The smallest absolute Gasteiger partial charge is 0.00266 e. The van der Waals surface area contributed by atoms with Crippen molar-refractivity contribution in [1.29, 1.82) is 0 Å². The standard InChI is InChI=1S/C21H20/c1-4-21(2,3)18-12-16-10-8-14-6-5-7-15-9-11-17(13-18)20(16)19(14)15/h5-13H,4H2,1-3H3. The molecule has 0 nitrogen and oxygen atoms in total. The SMILES string of the molecule is CCC(C)(C)c1cc2ccc3cccc4ccc(c1)c2c34. The molecule has 104 valence electrons. The van der Waals surface area contributed by atoms with Crippen molar-refractivity contribution in [3.05, 3.63) is 60.2 Å². The van der Waals surface area contributed by atoms with Crippen molar-refractivity contribution >= 4 is 32.3 Å². The van der Waals surface area contributed by atoms with E-state index >= 15 is 0 Å². The third-order valence-electron chi connectivity index (χ3n) is 5.13. The number of hydrogen-bond donors (Lipinski definition) is 0. The van der Waals surface area contributed by atoms with Crippen LogP contribution in [0.15, 0.2) is 54.6 Å². The van der Waals surface area contributed by atoms with Crippen molar-refractivity contribution in [3.8, 4) is 0 Å². The largest absolute Gasteiger partial charge is 0.0646 e. The van der Waals surface area contributed by atoms with Crippen LogP contribution in [-0.4, -0.2) is 0 Å². The molecule has 0 N–H and O–H groups in total. The van der Waals surface area contributed by atoms with Gasteiger partial charge in [0.05, 0.1) is 0 Å². The molecule has 0 heteroatoms. The Morgan fingerprint density at radius 3 is 1.71 bits per heavy atom. The van der Waals surface area contributed by atoms with E-state index in [0.717, 1.165) is 6.42 Å². The van der Waals surface area contributed by atoms with Crippen LogP contribution in [0, 0.1) is 0 Å². The van der Waals surface area contributed by atoms with Gasteiger partial charge in [-0.15, -0.1) is 0 Å². The Kier molecular flexibility index (Phi) is 2.53. The minimum Gasteiger partial charge on any atom is -0.0646 e. The predicted molar refractivity (Wildman–Crippen MR) is 93.5 cm³/mol. The highest BCUT2D eigenvalue weighted by Crippen LogP contribution is 2.38. The molecule has 0 unspecified atom stereocenters. The molecule has 0 heterocycles. The molecule has 4 aromatic rings. The normalized spacial score (nSPS) is 12.7.